The molecule has 3 N–H and O–H groups in total. The predicted molar refractivity (Wildman–Crippen MR) is 73.2 cm³/mol. The maximum absolute atomic E-state index is 13.4. The van der Waals surface area contributed by atoms with E-state index in [2.05, 4.69) is 5.32 Å². The molecule has 0 spiro atoms. The normalized spacial score (nSPS) is 10.4. The van der Waals surface area contributed by atoms with Gasteiger partial charge in [-0.05, 0) is 40.8 Å². The van der Waals surface area contributed by atoms with E-state index in [1.807, 2.05) is 0 Å². The van der Waals surface area contributed by atoms with Crippen LogP contribution in [0, 0.1) is 21.0 Å². The fourth-order valence-electron chi connectivity index (χ4n) is 1.41. The van der Waals surface area contributed by atoms with Crippen molar-refractivity contribution >= 4 is 39.7 Å². The lowest BCUT2D eigenvalue weighted by Crippen LogP contribution is -2.00. The summed E-state index contributed by atoms with van der Waals surface area (Å²) in [5.41, 5.74) is 6.24. The van der Waals surface area contributed by atoms with E-state index in [9.17, 15) is 13.2 Å². The minimum atomic E-state index is -0.770. The Morgan fingerprint density at radius 3 is 2.33 bits per heavy atom. The van der Waals surface area contributed by atoms with Gasteiger partial charge in [-0.15, -0.1) is 0 Å². The number of nitrogens with one attached hydrogen (secondary N) is 1. The molecule has 2 aromatic rings. The average Bonchev–Trinajstić information content (AvgIpc) is 2.29. The topological polar surface area (TPSA) is 38.0 Å². The number of anilines is 3. The van der Waals surface area contributed by atoms with Gasteiger partial charge in [0.05, 0.1) is 20.6 Å². The molecule has 0 amide bonds. The number of hydrogen-bond donors (Lipinski definition) is 2. The molecule has 0 unspecified atom stereocenters. The van der Waals surface area contributed by atoms with Gasteiger partial charge in [-0.2, -0.15) is 0 Å². The SMILES string of the molecule is Nc1cc(I)c(F)cc1Nc1ccc(F)cc1F. The van der Waals surface area contributed by atoms with E-state index >= 15 is 0 Å². The molecule has 18 heavy (non-hydrogen) atoms. The lowest BCUT2D eigenvalue weighted by atomic mass is 10.2. The molecule has 0 saturated carbocycles. The standard InChI is InChI=1S/C12H8F3IN2/c13-6-1-2-11(8(15)3-6)18-12-4-7(14)9(16)5-10(12)17/h1-5,18H,17H2. The molecule has 0 aliphatic heterocycles. The van der Waals surface area contributed by atoms with Crippen molar-refractivity contribution in [3.05, 3.63) is 51.4 Å². The summed E-state index contributed by atoms with van der Waals surface area (Å²) < 4.78 is 39.9. The molecule has 0 aromatic heterocycles. The van der Waals surface area contributed by atoms with Gasteiger partial charge in [-0.25, -0.2) is 13.2 Å². The zero-order valence-corrected chi connectivity index (χ0v) is 11.1. The zero-order valence-electron chi connectivity index (χ0n) is 8.98. The van der Waals surface area contributed by atoms with E-state index in [4.69, 9.17) is 5.73 Å². The Bertz CT molecular complexity index is 602. The molecule has 0 atom stereocenters. The molecule has 0 bridgehead atoms. The summed E-state index contributed by atoms with van der Waals surface area (Å²) in [6, 6.07) is 5.66. The number of nitrogens with two attached hydrogens (primary N) is 1. The van der Waals surface area contributed by atoms with Gasteiger partial charge in [-0.3, -0.25) is 0 Å². The van der Waals surface area contributed by atoms with Crippen molar-refractivity contribution in [3.63, 3.8) is 0 Å². The molecule has 0 radical (unpaired) electrons. The maximum atomic E-state index is 13.4. The van der Waals surface area contributed by atoms with Crippen molar-refractivity contribution in [2.24, 2.45) is 0 Å². The second-order valence-corrected chi connectivity index (χ2v) is 4.76. The highest BCUT2D eigenvalue weighted by molar-refractivity contribution is 14.1. The van der Waals surface area contributed by atoms with Crippen LogP contribution in [0.2, 0.25) is 0 Å². The Labute approximate surface area is 115 Å². The van der Waals surface area contributed by atoms with E-state index in [1.165, 1.54) is 18.2 Å². The van der Waals surface area contributed by atoms with Gasteiger partial charge in [0.25, 0.3) is 0 Å². The monoisotopic (exact) mass is 364 g/mol. The Balaban J connectivity index is 2.37. The molecule has 2 aromatic carbocycles. The van der Waals surface area contributed by atoms with E-state index in [0.717, 1.165) is 12.1 Å². The van der Waals surface area contributed by atoms with Crippen LogP contribution in [-0.4, -0.2) is 0 Å². The van der Waals surface area contributed by atoms with Gasteiger partial charge >= 0.3 is 0 Å². The lowest BCUT2D eigenvalue weighted by Gasteiger charge is -2.11. The third kappa shape index (κ3) is 2.69. The molecular formula is C12H8F3IN2. The van der Waals surface area contributed by atoms with E-state index in [1.54, 1.807) is 22.6 Å². The first kappa shape index (κ1) is 13.0. The second-order valence-electron chi connectivity index (χ2n) is 3.60. The van der Waals surface area contributed by atoms with E-state index in [-0.39, 0.29) is 17.1 Å². The van der Waals surface area contributed by atoms with Crippen molar-refractivity contribution in [1.82, 2.24) is 0 Å². The summed E-state index contributed by atoms with van der Waals surface area (Å²) in [6.45, 7) is 0. The highest BCUT2D eigenvalue weighted by atomic mass is 127. The predicted octanol–water partition coefficient (Wildman–Crippen LogP) is 4.03. The molecule has 0 aliphatic carbocycles. The summed E-state index contributed by atoms with van der Waals surface area (Å²) in [7, 11) is 0. The Morgan fingerprint density at radius 2 is 1.67 bits per heavy atom. The van der Waals surface area contributed by atoms with Crippen molar-refractivity contribution in [3.8, 4) is 0 Å². The van der Waals surface area contributed by atoms with Crippen LogP contribution in [0.3, 0.4) is 0 Å². The number of benzene rings is 2. The van der Waals surface area contributed by atoms with Crippen LogP contribution in [0.5, 0.6) is 0 Å². The molecule has 2 nitrogen and oxygen atoms in total. The second kappa shape index (κ2) is 5.05. The van der Waals surface area contributed by atoms with E-state index < -0.39 is 17.5 Å². The molecular weight excluding hydrogens is 356 g/mol. The van der Waals surface area contributed by atoms with Gasteiger partial charge in [0.1, 0.15) is 17.5 Å². The average molecular weight is 364 g/mol. The van der Waals surface area contributed by atoms with Gasteiger partial charge < -0.3 is 11.1 Å². The summed E-state index contributed by atoms with van der Waals surface area (Å²) in [4.78, 5) is 0. The Morgan fingerprint density at radius 1 is 0.944 bits per heavy atom. The summed E-state index contributed by atoms with van der Waals surface area (Å²) in [6.07, 6.45) is 0. The molecule has 0 fully saturated rings. The fraction of sp³-hybridized carbons (Fsp3) is 0. The smallest absolute Gasteiger partial charge is 0.149 e. The first-order chi connectivity index (χ1) is 8.47. The minimum absolute atomic E-state index is 0.0312. The van der Waals surface area contributed by atoms with Gasteiger partial charge in [0, 0.05) is 12.1 Å². The molecule has 0 heterocycles. The first-order valence-electron chi connectivity index (χ1n) is 4.94. The number of hydrogen-bond acceptors (Lipinski definition) is 2. The Kier molecular flexibility index (Phi) is 3.65. The largest absolute Gasteiger partial charge is 0.397 e. The molecule has 94 valence electrons. The van der Waals surface area contributed by atoms with Crippen molar-refractivity contribution in [2.45, 2.75) is 0 Å². The highest BCUT2D eigenvalue weighted by Crippen LogP contribution is 2.28. The Hall–Kier alpha value is -1.44. The molecule has 6 heteroatoms. The maximum Gasteiger partial charge on any atom is 0.149 e. The molecule has 2 rings (SSSR count). The van der Waals surface area contributed by atoms with Crippen LogP contribution < -0.4 is 11.1 Å². The third-order valence-corrected chi connectivity index (χ3v) is 3.12. The van der Waals surface area contributed by atoms with Crippen LogP contribution >= 0.6 is 22.6 Å². The van der Waals surface area contributed by atoms with Crippen molar-refractivity contribution in [2.75, 3.05) is 11.1 Å². The highest BCUT2D eigenvalue weighted by Gasteiger charge is 2.09. The van der Waals surface area contributed by atoms with Crippen LogP contribution in [0.25, 0.3) is 0 Å². The van der Waals surface area contributed by atoms with Crippen LogP contribution in [-0.2, 0) is 0 Å². The van der Waals surface area contributed by atoms with Crippen LogP contribution in [0.4, 0.5) is 30.2 Å². The zero-order chi connectivity index (χ0) is 13.3. The molecule has 0 aliphatic rings. The van der Waals surface area contributed by atoms with Gasteiger partial charge in [0.15, 0.2) is 0 Å². The number of rotatable bonds is 2. The van der Waals surface area contributed by atoms with Gasteiger partial charge in [-0.1, -0.05) is 0 Å². The fourth-order valence-corrected chi connectivity index (χ4v) is 1.90. The van der Waals surface area contributed by atoms with E-state index in [0.29, 0.717) is 3.57 Å². The first-order valence-corrected chi connectivity index (χ1v) is 6.02. The summed E-state index contributed by atoms with van der Waals surface area (Å²) >= 11 is 1.80. The summed E-state index contributed by atoms with van der Waals surface area (Å²) in [5, 5.41) is 2.63. The lowest BCUT2D eigenvalue weighted by molar-refractivity contribution is 0.586. The third-order valence-electron chi connectivity index (χ3n) is 2.29. The van der Waals surface area contributed by atoms with Crippen molar-refractivity contribution in [1.29, 1.82) is 0 Å². The quantitative estimate of drug-likeness (QED) is 0.624. The van der Waals surface area contributed by atoms with Gasteiger partial charge in [0.2, 0.25) is 0 Å². The van der Waals surface area contributed by atoms with Crippen LogP contribution in [0.15, 0.2) is 30.3 Å². The van der Waals surface area contributed by atoms with Crippen LogP contribution in [0.1, 0.15) is 0 Å². The number of nitrogen functional groups attached to an aromatic ring is 1. The number of halogens is 4. The summed E-state index contributed by atoms with van der Waals surface area (Å²) in [5.74, 6) is -1.91. The molecule has 0 saturated heterocycles. The minimum Gasteiger partial charge on any atom is -0.397 e. The van der Waals surface area contributed by atoms with Crippen molar-refractivity contribution < 1.29 is 13.2 Å².